The fourth-order valence-electron chi connectivity index (χ4n) is 2.19. The molecule has 0 saturated carbocycles. The van der Waals surface area contributed by atoms with E-state index in [2.05, 4.69) is 53.8 Å². The van der Waals surface area contributed by atoms with Crippen LogP contribution in [-0.4, -0.2) is 36.0 Å². The van der Waals surface area contributed by atoms with Crippen molar-refractivity contribution in [3.05, 3.63) is 34.1 Å². The summed E-state index contributed by atoms with van der Waals surface area (Å²) in [6.07, 6.45) is 0. The van der Waals surface area contributed by atoms with Gasteiger partial charge in [-0.05, 0) is 55.8 Å². The van der Waals surface area contributed by atoms with Crippen LogP contribution in [0.4, 0.5) is 4.39 Å². The van der Waals surface area contributed by atoms with Gasteiger partial charge in [-0.3, -0.25) is 9.69 Å². The zero-order chi connectivity index (χ0) is 15.3. The standard InChI is InChI=1S/C15H22BrFN2O/c1-10(2)19(11(3)4)9-8-18-15(20)12-6-5-7-13(17)14(12)16/h5-7,10-11H,8-9H2,1-4H3,(H,18,20). The molecule has 0 atom stereocenters. The first kappa shape index (κ1) is 17.1. The van der Waals surface area contributed by atoms with E-state index in [1.807, 2.05) is 0 Å². The highest BCUT2D eigenvalue weighted by Crippen LogP contribution is 2.20. The number of amides is 1. The molecule has 0 unspecified atom stereocenters. The van der Waals surface area contributed by atoms with Crippen LogP contribution >= 0.6 is 15.9 Å². The average Bonchev–Trinajstić information content (AvgIpc) is 2.36. The molecule has 0 radical (unpaired) electrons. The lowest BCUT2D eigenvalue weighted by Gasteiger charge is -2.30. The molecule has 0 aliphatic carbocycles. The maximum Gasteiger partial charge on any atom is 0.252 e. The zero-order valence-corrected chi connectivity index (χ0v) is 14.0. The van der Waals surface area contributed by atoms with Crippen molar-refractivity contribution in [2.75, 3.05) is 13.1 Å². The molecule has 0 spiro atoms. The lowest BCUT2D eigenvalue weighted by atomic mass is 10.2. The van der Waals surface area contributed by atoms with E-state index in [1.54, 1.807) is 6.07 Å². The van der Waals surface area contributed by atoms with Crippen LogP contribution in [0.25, 0.3) is 0 Å². The number of rotatable bonds is 6. The number of benzene rings is 1. The van der Waals surface area contributed by atoms with Crippen LogP contribution in [0, 0.1) is 5.82 Å². The van der Waals surface area contributed by atoms with Gasteiger partial charge in [0.05, 0.1) is 10.0 Å². The number of halogens is 2. The van der Waals surface area contributed by atoms with Gasteiger partial charge >= 0.3 is 0 Å². The smallest absolute Gasteiger partial charge is 0.252 e. The van der Waals surface area contributed by atoms with Crippen molar-refractivity contribution in [3.8, 4) is 0 Å². The minimum atomic E-state index is -0.427. The molecule has 0 fully saturated rings. The van der Waals surface area contributed by atoms with Crippen molar-refractivity contribution < 1.29 is 9.18 Å². The molecule has 1 amide bonds. The third-order valence-corrected chi connectivity index (χ3v) is 3.98. The number of nitrogens with one attached hydrogen (secondary N) is 1. The van der Waals surface area contributed by atoms with Gasteiger partial charge in [-0.25, -0.2) is 4.39 Å². The quantitative estimate of drug-likeness (QED) is 0.857. The van der Waals surface area contributed by atoms with E-state index in [1.165, 1.54) is 12.1 Å². The van der Waals surface area contributed by atoms with Crippen molar-refractivity contribution in [3.63, 3.8) is 0 Å². The molecule has 0 bridgehead atoms. The number of hydrogen-bond acceptors (Lipinski definition) is 2. The van der Waals surface area contributed by atoms with E-state index < -0.39 is 5.82 Å². The summed E-state index contributed by atoms with van der Waals surface area (Å²) in [5.41, 5.74) is 0.325. The predicted octanol–water partition coefficient (Wildman–Crippen LogP) is 3.44. The van der Waals surface area contributed by atoms with Crippen LogP contribution in [0.2, 0.25) is 0 Å². The molecule has 0 aromatic heterocycles. The zero-order valence-electron chi connectivity index (χ0n) is 12.4. The van der Waals surface area contributed by atoms with Crippen LogP contribution in [0.1, 0.15) is 38.1 Å². The molecule has 0 saturated heterocycles. The Hall–Kier alpha value is -0.940. The van der Waals surface area contributed by atoms with Gasteiger partial charge in [0.15, 0.2) is 0 Å². The molecule has 0 aliphatic rings. The maximum atomic E-state index is 13.4. The first-order valence-electron chi connectivity index (χ1n) is 6.82. The molecule has 1 N–H and O–H groups in total. The van der Waals surface area contributed by atoms with Gasteiger partial charge in [0, 0.05) is 25.2 Å². The van der Waals surface area contributed by atoms with Gasteiger partial charge < -0.3 is 5.32 Å². The molecule has 1 aromatic rings. The minimum Gasteiger partial charge on any atom is -0.351 e. The van der Waals surface area contributed by atoms with Gasteiger partial charge in [0.25, 0.3) is 5.91 Å². The lowest BCUT2D eigenvalue weighted by Crippen LogP contribution is -2.42. The predicted molar refractivity (Wildman–Crippen MR) is 83.4 cm³/mol. The summed E-state index contributed by atoms with van der Waals surface area (Å²) >= 11 is 3.10. The molecule has 3 nitrogen and oxygen atoms in total. The van der Waals surface area contributed by atoms with E-state index in [0.717, 1.165) is 6.54 Å². The van der Waals surface area contributed by atoms with E-state index in [4.69, 9.17) is 0 Å². The third kappa shape index (κ3) is 4.56. The van der Waals surface area contributed by atoms with Crippen LogP contribution < -0.4 is 5.32 Å². The number of carbonyl (C=O) groups is 1. The van der Waals surface area contributed by atoms with E-state index in [-0.39, 0.29) is 10.4 Å². The summed E-state index contributed by atoms with van der Waals surface area (Å²) in [5, 5.41) is 2.83. The molecular weight excluding hydrogens is 323 g/mol. The van der Waals surface area contributed by atoms with E-state index in [0.29, 0.717) is 24.2 Å². The second-order valence-electron chi connectivity index (χ2n) is 5.28. The van der Waals surface area contributed by atoms with Gasteiger partial charge in [0.1, 0.15) is 5.82 Å². The first-order chi connectivity index (χ1) is 9.34. The molecule has 1 aromatic carbocycles. The van der Waals surface area contributed by atoms with Crippen molar-refractivity contribution in [1.82, 2.24) is 10.2 Å². The summed E-state index contributed by atoms with van der Waals surface area (Å²) in [7, 11) is 0. The second-order valence-corrected chi connectivity index (χ2v) is 6.08. The number of hydrogen-bond donors (Lipinski definition) is 1. The van der Waals surface area contributed by atoms with Crippen molar-refractivity contribution in [1.29, 1.82) is 0 Å². The fraction of sp³-hybridized carbons (Fsp3) is 0.533. The van der Waals surface area contributed by atoms with E-state index >= 15 is 0 Å². The van der Waals surface area contributed by atoms with Crippen LogP contribution in [-0.2, 0) is 0 Å². The summed E-state index contributed by atoms with van der Waals surface area (Å²) in [6.45, 7) is 9.83. The summed E-state index contributed by atoms with van der Waals surface area (Å²) < 4.78 is 13.6. The summed E-state index contributed by atoms with van der Waals surface area (Å²) in [5.74, 6) is -0.688. The Labute approximate surface area is 128 Å². The normalized spacial score (nSPS) is 11.4. The Morgan fingerprint density at radius 3 is 2.45 bits per heavy atom. The Kier molecular flexibility index (Phi) is 6.62. The van der Waals surface area contributed by atoms with Crippen molar-refractivity contribution >= 4 is 21.8 Å². The third-order valence-electron chi connectivity index (χ3n) is 3.18. The molecular formula is C15H22BrFN2O. The monoisotopic (exact) mass is 344 g/mol. The highest BCUT2D eigenvalue weighted by molar-refractivity contribution is 9.10. The largest absolute Gasteiger partial charge is 0.351 e. The highest BCUT2D eigenvalue weighted by Gasteiger charge is 2.15. The van der Waals surface area contributed by atoms with Gasteiger partial charge in [-0.1, -0.05) is 6.07 Å². The van der Waals surface area contributed by atoms with Crippen LogP contribution in [0.5, 0.6) is 0 Å². The Balaban J connectivity index is 2.58. The number of carbonyl (C=O) groups excluding carboxylic acids is 1. The van der Waals surface area contributed by atoms with Gasteiger partial charge in [-0.15, -0.1) is 0 Å². The molecule has 1 rings (SSSR count). The minimum absolute atomic E-state index is 0.210. The topological polar surface area (TPSA) is 32.3 Å². The fourth-order valence-corrected chi connectivity index (χ4v) is 2.63. The van der Waals surface area contributed by atoms with E-state index in [9.17, 15) is 9.18 Å². The maximum absolute atomic E-state index is 13.4. The van der Waals surface area contributed by atoms with Gasteiger partial charge in [0.2, 0.25) is 0 Å². The van der Waals surface area contributed by atoms with Crippen LogP contribution in [0.15, 0.2) is 22.7 Å². The SMILES string of the molecule is CC(C)N(CCNC(=O)c1cccc(F)c1Br)C(C)C. The molecule has 20 heavy (non-hydrogen) atoms. The second kappa shape index (κ2) is 7.74. The molecule has 0 aliphatic heterocycles. The Morgan fingerprint density at radius 2 is 1.90 bits per heavy atom. The first-order valence-corrected chi connectivity index (χ1v) is 7.61. The number of nitrogens with zero attached hydrogens (tertiary/aromatic N) is 1. The Morgan fingerprint density at radius 1 is 1.30 bits per heavy atom. The van der Waals surface area contributed by atoms with Crippen molar-refractivity contribution in [2.45, 2.75) is 39.8 Å². The average molecular weight is 345 g/mol. The summed E-state index contributed by atoms with van der Waals surface area (Å²) in [4.78, 5) is 14.3. The molecule has 112 valence electrons. The highest BCUT2D eigenvalue weighted by atomic mass is 79.9. The molecule has 5 heteroatoms. The summed E-state index contributed by atoms with van der Waals surface area (Å²) in [6, 6.07) is 5.30. The lowest BCUT2D eigenvalue weighted by molar-refractivity contribution is 0.0938. The van der Waals surface area contributed by atoms with Gasteiger partial charge in [-0.2, -0.15) is 0 Å². The van der Waals surface area contributed by atoms with Crippen LogP contribution in [0.3, 0.4) is 0 Å². The molecule has 0 heterocycles. The Bertz CT molecular complexity index is 455. The van der Waals surface area contributed by atoms with Crippen molar-refractivity contribution in [2.24, 2.45) is 0 Å².